The number of nitrogens with zero attached hydrogens (tertiary/aromatic N) is 1. The second kappa shape index (κ2) is 12.9. The molecule has 0 unspecified atom stereocenters. The Morgan fingerprint density at radius 2 is 1.62 bits per heavy atom. The average Bonchev–Trinajstić information content (AvgIpc) is 2.31. The molecule has 0 aliphatic rings. The zero-order chi connectivity index (χ0) is 12.1. The van der Waals surface area contributed by atoms with Crippen LogP contribution in [0.1, 0.15) is 19.8 Å². The van der Waals surface area contributed by atoms with Gasteiger partial charge in [0, 0.05) is 33.9 Å². The Balaban J connectivity index is 3.54. The van der Waals surface area contributed by atoms with Crippen LogP contribution < -0.4 is 5.32 Å². The van der Waals surface area contributed by atoms with Crippen LogP contribution in [0.4, 0.5) is 0 Å². The van der Waals surface area contributed by atoms with Gasteiger partial charge in [-0.3, -0.25) is 0 Å². The van der Waals surface area contributed by atoms with E-state index in [4.69, 9.17) is 9.47 Å². The van der Waals surface area contributed by atoms with Crippen LogP contribution in [0.25, 0.3) is 0 Å². The van der Waals surface area contributed by atoms with E-state index in [1.807, 2.05) is 0 Å². The van der Waals surface area contributed by atoms with Crippen molar-refractivity contribution in [2.24, 2.45) is 0 Å². The Hall–Kier alpha value is -0.160. The largest absolute Gasteiger partial charge is 0.385 e. The van der Waals surface area contributed by atoms with E-state index in [1.54, 1.807) is 14.2 Å². The van der Waals surface area contributed by atoms with Gasteiger partial charge in [0.1, 0.15) is 0 Å². The Morgan fingerprint density at radius 3 is 2.25 bits per heavy atom. The summed E-state index contributed by atoms with van der Waals surface area (Å²) < 4.78 is 10.2. The normalized spacial score (nSPS) is 11.2. The molecular weight excluding hydrogens is 204 g/mol. The van der Waals surface area contributed by atoms with Crippen molar-refractivity contribution in [2.45, 2.75) is 19.8 Å². The molecule has 0 saturated carbocycles. The molecule has 0 fully saturated rings. The highest BCUT2D eigenvalue weighted by atomic mass is 16.5. The lowest BCUT2D eigenvalue weighted by molar-refractivity contribution is 0.132. The maximum absolute atomic E-state index is 5.12. The molecule has 0 aliphatic carbocycles. The molecule has 1 N–H and O–H groups in total. The van der Waals surface area contributed by atoms with E-state index in [0.29, 0.717) is 0 Å². The van der Waals surface area contributed by atoms with E-state index in [1.165, 1.54) is 6.42 Å². The Labute approximate surface area is 100 Å². The molecule has 0 aromatic carbocycles. The van der Waals surface area contributed by atoms with Crippen LogP contribution in [-0.2, 0) is 9.47 Å². The predicted octanol–water partition coefficient (Wildman–Crippen LogP) is 0.971. The fraction of sp³-hybridized carbons (Fsp3) is 1.00. The molecule has 4 heteroatoms. The number of nitrogens with one attached hydrogen (secondary N) is 1. The minimum absolute atomic E-state index is 0.814. The Kier molecular flexibility index (Phi) is 12.8. The van der Waals surface area contributed by atoms with Gasteiger partial charge in [0.25, 0.3) is 0 Å². The summed E-state index contributed by atoms with van der Waals surface area (Å²) in [5.41, 5.74) is 0. The standard InChI is InChI=1S/C12H28N2O2/c1-4-13-7-5-8-14(10-12-16-3)9-6-11-15-2/h13H,4-12H2,1-3H3. The van der Waals surface area contributed by atoms with Crippen molar-refractivity contribution in [3.8, 4) is 0 Å². The molecule has 0 heterocycles. The summed E-state index contributed by atoms with van der Waals surface area (Å²) in [4.78, 5) is 2.44. The van der Waals surface area contributed by atoms with Gasteiger partial charge in [0.05, 0.1) is 6.61 Å². The molecule has 98 valence electrons. The van der Waals surface area contributed by atoms with E-state index in [0.717, 1.165) is 52.4 Å². The number of hydrogen-bond donors (Lipinski definition) is 1. The molecule has 0 aliphatic heterocycles. The smallest absolute Gasteiger partial charge is 0.0589 e. The SMILES string of the molecule is CCNCCCN(CCCOC)CCOC. The van der Waals surface area contributed by atoms with Crippen molar-refractivity contribution in [1.82, 2.24) is 10.2 Å². The highest BCUT2D eigenvalue weighted by molar-refractivity contribution is 4.59. The molecule has 0 saturated heterocycles. The average molecular weight is 232 g/mol. The van der Waals surface area contributed by atoms with Crippen molar-refractivity contribution in [2.75, 3.05) is 60.2 Å². The zero-order valence-electron chi connectivity index (χ0n) is 11.1. The predicted molar refractivity (Wildman–Crippen MR) is 68.0 cm³/mol. The molecule has 0 bridgehead atoms. The summed E-state index contributed by atoms with van der Waals surface area (Å²) in [5, 5.41) is 3.34. The summed E-state index contributed by atoms with van der Waals surface area (Å²) in [5.74, 6) is 0. The first-order valence-corrected chi connectivity index (χ1v) is 6.26. The summed E-state index contributed by atoms with van der Waals surface area (Å²) in [6.07, 6.45) is 2.30. The van der Waals surface area contributed by atoms with E-state index in [9.17, 15) is 0 Å². The van der Waals surface area contributed by atoms with Crippen molar-refractivity contribution in [3.05, 3.63) is 0 Å². The molecule has 0 atom stereocenters. The van der Waals surface area contributed by atoms with E-state index >= 15 is 0 Å². The second-order valence-corrected chi connectivity index (χ2v) is 3.89. The quantitative estimate of drug-likeness (QED) is 0.508. The summed E-state index contributed by atoms with van der Waals surface area (Å²) in [6.45, 7) is 9.22. The lowest BCUT2D eigenvalue weighted by Crippen LogP contribution is -2.32. The van der Waals surface area contributed by atoms with Crippen molar-refractivity contribution in [1.29, 1.82) is 0 Å². The van der Waals surface area contributed by atoms with Crippen LogP contribution >= 0.6 is 0 Å². The van der Waals surface area contributed by atoms with Crippen molar-refractivity contribution >= 4 is 0 Å². The van der Waals surface area contributed by atoms with E-state index < -0.39 is 0 Å². The maximum atomic E-state index is 5.12. The molecule has 16 heavy (non-hydrogen) atoms. The van der Waals surface area contributed by atoms with Gasteiger partial charge in [0.15, 0.2) is 0 Å². The zero-order valence-corrected chi connectivity index (χ0v) is 11.1. The van der Waals surface area contributed by atoms with Gasteiger partial charge in [-0.05, 0) is 32.5 Å². The third-order valence-corrected chi connectivity index (χ3v) is 2.51. The van der Waals surface area contributed by atoms with E-state index in [-0.39, 0.29) is 0 Å². The molecule has 0 rings (SSSR count). The third-order valence-electron chi connectivity index (χ3n) is 2.51. The molecule has 0 spiro atoms. The number of ether oxygens (including phenoxy) is 2. The molecule has 0 aromatic heterocycles. The van der Waals surface area contributed by atoms with Crippen LogP contribution in [0.2, 0.25) is 0 Å². The van der Waals surface area contributed by atoms with Crippen LogP contribution in [0.5, 0.6) is 0 Å². The molecule has 0 aromatic rings. The van der Waals surface area contributed by atoms with Gasteiger partial charge in [-0.15, -0.1) is 0 Å². The summed E-state index contributed by atoms with van der Waals surface area (Å²) in [7, 11) is 3.51. The van der Waals surface area contributed by atoms with Gasteiger partial charge >= 0.3 is 0 Å². The molecule has 0 amide bonds. The minimum atomic E-state index is 0.814. The van der Waals surface area contributed by atoms with Crippen LogP contribution in [0.15, 0.2) is 0 Å². The number of methoxy groups -OCH3 is 2. The van der Waals surface area contributed by atoms with Gasteiger partial charge in [-0.25, -0.2) is 0 Å². The number of rotatable bonds is 12. The molecule has 0 radical (unpaired) electrons. The lowest BCUT2D eigenvalue weighted by Gasteiger charge is -2.21. The Morgan fingerprint density at radius 1 is 0.938 bits per heavy atom. The van der Waals surface area contributed by atoms with Crippen LogP contribution in [0, 0.1) is 0 Å². The lowest BCUT2D eigenvalue weighted by atomic mass is 10.3. The van der Waals surface area contributed by atoms with Gasteiger partial charge in [0.2, 0.25) is 0 Å². The highest BCUT2D eigenvalue weighted by Crippen LogP contribution is 1.94. The summed E-state index contributed by atoms with van der Waals surface area (Å²) in [6, 6.07) is 0. The monoisotopic (exact) mass is 232 g/mol. The van der Waals surface area contributed by atoms with Gasteiger partial charge in [-0.2, -0.15) is 0 Å². The van der Waals surface area contributed by atoms with Crippen LogP contribution in [0.3, 0.4) is 0 Å². The highest BCUT2D eigenvalue weighted by Gasteiger charge is 2.03. The first-order valence-electron chi connectivity index (χ1n) is 6.26. The van der Waals surface area contributed by atoms with Crippen LogP contribution in [-0.4, -0.2) is 65.1 Å². The fourth-order valence-electron chi connectivity index (χ4n) is 1.59. The maximum Gasteiger partial charge on any atom is 0.0589 e. The topological polar surface area (TPSA) is 33.7 Å². The van der Waals surface area contributed by atoms with Crippen molar-refractivity contribution < 1.29 is 9.47 Å². The molecular formula is C12H28N2O2. The second-order valence-electron chi connectivity index (χ2n) is 3.89. The van der Waals surface area contributed by atoms with E-state index in [2.05, 4.69) is 17.1 Å². The minimum Gasteiger partial charge on any atom is -0.385 e. The third kappa shape index (κ3) is 10.4. The fourth-order valence-corrected chi connectivity index (χ4v) is 1.59. The Bertz CT molecular complexity index is 134. The number of hydrogen-bond acceptors (Lipinski definition) is 4. The van der Waals surface area contributed by atoms with Gasteiger partial charge in [-0.1, -0.05) is 6.92 Å². The van der Waals surface area contributed by atoms with Crippen molar-refractivity contribution in [3.63, 3.8) is 0 Å². The summed E-state index contributed by atoms with van der Waals surface area (Å²) >= 11 is 0. The first-order chi connectivity index (χ1) is 7.85. The first kappa shape index (κ1) is 15.8. The van der Waals surface area contributed by atoms with Gasteiger partial charge < -0.3 is 19.7 Å². The molecule has 4 nitrogen and oxygen atoms in total.